The molecule has 1 fully saturated rings. The van der Waals surface area contributed by atoms with E-state index < -0.39 is 0 Å². The maximum Gasteiger partial charge on any atom is 0.240 e. The molecule has 0 unspecified atom stereocenters. The van der Waals surface area contributed by atoms with Crippen LogP contribution in [0.5, 0.6) is 5.75 Å². The molecular weight excluding hydrogens is 398 g/mol. The molecule has 3 heterocycles. The van der Waals surface area contributed by atoms with Crippen molar-refractivity contribution < 1.29 is 9.26 Å². The Kier molecular flexibility index (Phi) is 5.58. The van der Waals surface area contributed by atoms with Crippen LogP contribution >= 0.6 is 11.3 Å². The van der Waals surface area contributed by atoms with Crippen molar-refractivity contribution in [2.24, 2.45) is 0 Å². The lowest BCUT2D eigenvalue weighted by Gasteiger charge is -2.20. The van der Waals surface area contributed by atoms with Gasteiger partial charge in [0.1, 0.15) is 5.75 Å². The molecule has 2 aromatic carbocycles. The maximum absolute atomic E-state index is 5.69. The Hall–Kier alpha value is -2.97. The number of para-hydroxylation sites is 2. The van der Waals surface area contributed by atoms with Crippen LogP contribution in [0.3, 0.4) is 0 Å². The number of benzene rings is 2. The third kappa shape index (κ3) is 4.44. The fourth-order valence-corrected chi connectivity index (χ4v) is 4.60. The number of anilines is 1. The summed E-state index contributed by atoms with van der Waals surface area (Å²) >= 11 is 1.77. The molecule has 0 radical (unpaired) electrons. The van der Waals surface area contributed by atoms with E-state index in [1.165, 1.54) is 4.70 Å². The minimum absolute atomic E-state index is 0.304. The van der Waals surface area contributed by atoms with Crippen LogP contribution in [0.25, 0.3) is 10.2 Å². The van der Waals surface area contributed by atoms with Gasteiger partial charge in [0.2, 0.25) is 11.7 Å². The minimum atomic E-state index is 0.304. The lowest BCUT2D eigenvalue weighted by molar-refractivity contribution is 0.238. The fourth-order valence-electron chi connectivity index (χ4n) is 3.58. The Morgan fingerprint density at radius 3 is 2.70 bits per heavy atom. The van der Waals surface area contributed by atoms with Gasteiger partial charge in [0.05, 0.1) is 16.8 Å². The van der Waals surface area contributed by atoms with Crippen LogP contribution in [0.2, 0.25) is 0 Å². The molecule has 0 aliphatic carbocycles. The smallest absolute Gasteiger partial charge is 0.240 e. The lowest BCUT2D eigenvalue weighted by Crippen LogP contribution is -2.30. The van der Waals surface area contributed by atoms with E-state index in [9.17, 15) is 0 Å². The first-order chi connectivity index (χ1) is 14.8. The van der Waals surface area contributed by atoms with Crippen molar-refractivity contribution in [3.8, 4) is 5.75 Å². The van der Waals surface area contributed by atoms with Gasteiger partial charge in [-0.15, -0.1) is 0 Å². The van der Waals surface area contributed by atoms with Gasteiger partial charge in [-0.25, -0.2) is 4.98 Å². The third-order valence-corrected chi connectivity index (χ3v) is 6.22. The molecule has 2 aromatic heterocycles. The first kappa shape index (κ1) is 19.0. The fraction of sp³-hybridized carbons (Fsp3) is 0.318. The van der Waals surface area contributed by atoms with Crippen molar-refractivity contribution in [2.75, 3.05) is 31.1 Å². The number of rotatable bonds is 6. The van der Waals surface area contributed by atoms with Gasteiger partial charge < -0.3 is 14.2 Å². The molecule has 0 amide bonds. The Bertz CT molecular complexity index is 1060. The number of hydrogen-bond donors (Lipinski definition) is 0. The minimum Gasteiger partial charge on any atom is -0.485 e. The monoisotopic (exact) mass is 421 g/mol. The van der Waals surface area contributed by atoms with Crippen molar-refractivity contribution in [1.29, 1.82) is 0 Å². The van der Waals surface area contributed by atoms with Crippen LogP contribution in [0.15, 0.2) is 59.1 Å². The Balaban J connectivity index is 1.16. The normalized spacial score (nSPS) is 15.4. The summed E-state index contributed by atoms with van der Waals surface area (Å²) in [6, 6.07) is 18.0. The predicted octanol–water partition coefficient (Wildman–Crippen LogP) is 3.97. The largest absolute Gasteiger partial charge is 0.485 e. The van der Waals surface area contributed by atoms with E-state index in [0.717, 1.165) is 49.0 Å². The Morgan fingerprint density at radius 2 is 1.80 bits per heavy atom. The summed E-state index contributed by atoms with van der Waals surface area (Å²) < 4.78 is 12.4. The van der Waals surface area contributed by atoms with Gasteiger partial charge >= 0.3 is 0 Å². The van der Waals surface area contributed by atoms with E-state index in [2.05, 4.69) is 38.1 Å². The Labute approximate surface area is 178 Å². The molecular formula is C22H23N5O2S. The van der Waals surface area contributed by atoms with Gasteiger partial charge in [0, 0.05) is 26.2 Å². The van der Waals surface area contributed by atoms with E-state index in [-0.39, 0.29) is 0 Å². The SMILES string of the molecule is c1ccc(OCc2noc(CN3CCCN(c4nc5ccccc5s4)CC3)n2)cc1. The number of aromatic nitrogens is 3. The van der Waals surface area contributed by atoms with Crippen LogP contribution in [-0.4, -0.2) is 46.2 Å². The lowest BCUT2D eigenvalue weighted by atomic mass is 10.3. The molecule has 1 aliphatic heterocycles. The molecule has 154 valence electrons. The molecule has 30 heavy (non-hydrogen) atoms. The summed E-state index contributed by atoms with van der Waals surface area (Å²) in [4.78, 5) is 14.0. The second-order valence-corrected chi connectivity index (χ2v) is 8.30. The number of nitrogens with zero attached hydrogens (tertiary/aromatic N) is 5. The highest BCUT2D eigenvalue weighted by Crippen LogP contribution is 2.29. The zero-order valence-electron chi connectivity index (χ0n) is 16.6. The van der Waals surface area contributed by atoms with Crippen LogP contribution in [0.1, 0.15) is 18.1 Å². The van der Waals surface area contributed by atoms with Crippen LogP contribution in [-0.2, 0) is 13.2 Å². The third-order valence-electron chi connectivity index (χ3n) is 5.12. The first-order valence-electron chi connectivity index (χ1n) is 10.2. The molecule has 0 saturated carbocycles. The Morgan fingerprint density at radius 1 is 0.933 bits per heavy atom. The summed E-state index contributed by atoms with van der Waals surface area (Å²) in [7, 11) is 0. The summed E-state index contributed by atoms with van der Waals surface area (Å²) in [5.74, 6) is 2.00. The second kappa shape index (κ2) is 8.81. The highest BCUT2D eigenvalue weighted by atomic mass is 32.1. The standard InChI is InChI=1S/C22H23N5O2S/c1-2-7-17(8-3-1)28-16-20-24-21(29-25-20)15-26-11-6-12-27(14-13-26)22-23-18-9-4-5-10-19(18)30-22/h1-5,7-10H,6,11-16H2. The quantitative estimate of drug-likeness (QED) is 0.467. The molecule has 8 heteroatoms. The van der Waals surface area contributed by atoms with Crippen molar-refractivity contribution in [3.63, 3.8) is 0 Å². The zero-order valence-corrected chi connectivity index (χ0v) is 17.4. The molecule has 0 atom stereocenters. The van der Waals surface area contributed by atoms with Gasteiger partial charge in [-0.1, -0.05) is 46.8 Å². The van der Waals surface area contributed by atoms with E-state index >= 15 is 0 Å². The highest BCUT2D eigenvalue weighted by molar-refractivity contribution is 7.22. The summed E-state index contributed by atoms with van der Waals surface area (Å²) in [5.41, 5.74) is 1.08. The highest BCUT2D eigenvalue weighted by Gasteiger charge is 2.20. The number of ether oxygens (including phenoxy) is 1. The number of fused-ring (bicyclic) bond motifs is 1. The van der Waals surface area contributed by atoms with E-state index in [0.29, 0.717) is 24.9 Å². The van der Waals surface area contributed by atoms with Crippen molar-refractivity contribution in [1.82, 2.24) is 20.0 Å². The molecule has 1 saturated heterocycles. The number of thiazole rings is 1. The van der Waals surface area contributed by atoms with Gasteiger partial charge in [-0.2, -0.15) is 4.98 Å². The average Bonchev–Trinajstić information content (AvgIpc) is 3.35. The predicted molar refractivity (Wildman–Crippen MR) is 117 cm³/mol. The summed E-state index contributed by atoms with van der Waals surface area (Å²) in [6.45, 7) is 4.85. The summed E-state index contributed by atoms with van der Waals surface area (Å²) in [5, 5.41) is 5.16. The van der Waals surface area contributed by atoms with Gasteiger partial charge in [-0.05, 0) is 30.7 Å². The van der Waals surface area contributed by atoms with E-state index in [4.69, 9.17) is 14.2 Å². The molecule has 4 aromatic rings. The molecule has 7 nitrogen and oxygen atoms in total. The van der Waals surface area contributed by atoms with Crippen molar-refractivity contribution in [3.05, 3.63) is 66.3 Å². The van der Waals surface area contributed by atoms with Crippen LogP contribution in [0, 0.1) is 0 Å². The molecule has 5 rings (SSSR count). The summed E-state index contributed by atoms with van der Waals surface area (Å²) in [6.07, 6.45) is 1.08. The van der Waals surface area contributed by atoms with Crippen molar-refractivity contribution >= 4 is 26.7 Å². The molecule has 1 aliphatic rings. The van der Waals surface area contributed by atoms with E-state index in [1.807, 2.05) is 36.4 Å². The van der Waals surface area contributed by atoms with Crippen molar-refractivity contribution in [2.45, 2.75) is 19.6 Å². The topological polar surface area (TPSA) is 67.5 Å². The van der Waals surface area contributed by atoms with Gasteiger partial charge in [0.15, 0.2) is 11.7 Å². The van der Waals surface area contributed by atoms with E-state index in [1.54, 1.807) is 11.3 Å². The van der Waals surface area contributed by atoms with Crippen LogP contribution in [0.4, 0.5) is 5.13 Å². The second-order valence-electron chi connectivity index (χ2n) is 7.29. The average molecular weight is 422 g/mol. The first-order valence-corrected chi connectivity index (χ1v) is 11.0. The molecule has 0 bridgehead atoms. The zero-order chi connectivity index (χ0) is 20.2. The van der Waals surface area contributed by atoms with Gasteiger partial charge in [-0.3, -0.25) is 4.90 Å². The van der Waals surface area contributed by atoms with Crippen LogP contribution < -0.4 is 9.64 Å². The maximum atomic E-state index is 5.69. The molecule has 0 spiro atoms. The molecule has 0 N–H and O–H groups in total. The number of hydrogen-bond acceptors (Lipinski definition) is 8. The van der Waals surface area contributed by atoms with Gasteiger partial charge in [0.25, 0.3) is 0 Å².